The van der Waals surface area contributed by atoms with Gasteiger partial charge in [-0.1, -0.05) is 45.4 Å². The molecule has 0 radical (unpaired) electrons. The molecule has 0 aliphatic heterocycles. The number of methoxy groups -OCH3 is 1. The van der Waals surface area contributed by atoms with Crippen molar-refractivity contribution in [2.75, 3.05) is 38.7 Å². The minimum Gasteiger partial charge on any atom is -0.385 e. The molecule has 3 amide bonds. The van der Waals surface area contributed by atoms with Gasteiger partial charge in [-0.15, -0.1) is 0 Å². The van der Waals surface area contributed by atoms with E-state index >= 15 is 0 Å². The number of rotatable bonds is 12. The maximum Gasteiger partial charge on any atom is 0.243 e. The van der Waals surface area contributed by atoms with Gasteiger partial charge in [0.15, 0.2) is 0 Å². The molecule has 1 unspecified atom stereocenters. The number of hydrogen-bond donors (Lipinski definition) is 2. The van der Waals surface area contributed by atoms with Crippen LogP contribution in [0.5, 0.6) is 0 Å². The van der Waals surface area contributed by atoms with Crippen molar-refractivity contribution < 1.29 is 19.1 Å². The standard InChI is InChI=1S/C24H39N3O4/c1-18-8-10-20(11-9-18)26-21(28)16-25-22(29)17-27(12-7-13-31-6)23(30)14-19(2)15-24(3,4)5/h8-11,19H,7,12-17H2,1-6H3,(H,25,29)(H,26,28). The van der Waals surface area contributed by atoms with Gasteiger partial charge >= 0.3 is 0 Å². The zero-order valence-corrected chi connectivity index (χ0v) is 19.9. The van der Waals surface area contributed by atoms with Gasteiger partial charge in [0.1, 0.15) is 0 Å². The minimum atomic E-state index is -0.353. The lowest BCUT2D eigenvalue weighted by atomic mass is 9.84. The molecule has 0 aromatic heterocycles. The molecule has 0 saturated carbocycles. The predicted molar refractivity (Wildman–Crippen MR) is 124 cm³/mol. The number of nitrogens with one attached hydrogen (secondary N) is 2. The Morgan fingerprint density at radius 3 is 2.32 bits per heavy atom. The van der Waals surface area contributed by atoms with E-state index in [2.05, 4.69) is 38.3 Å². The fraction of sp³-hybridized carbons (Fsp3) is 0.625. The summed E-state index contributed by atoms with van der Waals surface area (Å²) in [5.41, 5.74) is 1.92. The first-order valence-corrected chi connectivity index (χ1v) is 10.9. The van der Waals surface area contributed by atoms with Crippen LogP contribution in [0.4, 0.5) is 5.69 Å². The normalized spacial score (nSPS) is 12.2. The fourth-order valence-corrected chi connectivity index (χ4v) is 3.49. The molecule has 0 fully saturated rings. The third-order valence-corrected chi connectivity index (χ3v) is 4.73. The Kier molecular flexibility index (Phi) is 11.3. The summed E-state index contributed by atoms with van der Waals surface area (Å²) < 4.78 is 5.08. The Labute approximate surface area is 186 Å². The molecule has 7 heteroatoms. The smallest absolute Gasteiger partial charge is 0.243 e. The first kappa shape index (κ1) is 26.6. The largest absolute Gasteiger partial charge is 0.385 e. The van der Waals surface area contributed by atoms with Crippen LogP contribution in [0.25, 0.3) is 0 Å². The van der Waals surface area contributed by atoms with Crippen LogP contribution in [0.3, 0.4) is 0 Å². The third-order valence-electron chi connectivity index (χ3n) is 4.73. The van der Waals surface area contributed by atoms with Crippen molar-refractivity contribution in [1.82, 2.24) is 10.2 Å². The lowest BCUT2D eigenvalue weighted by Crippen LogP contribution is -2.43. The summed E-state index contributed by atoms with van der Waals surface area (Å²) in [5, 5.41) is 5.34. The van der Waals surface area contributed by atoms with Gasteiger partial charge in [-0.2, -0.15) is 0 Å². The Bertz CT molecular complexity index is 711. The topological polar surface area (TPSA) is 87.7 Å². The zero-order valence-electron chi connectivity index (χ0n) is 19.9. The number of ether oxygens (including phenoxy) is 1. The molecule has 0 bridgehead atoms. The van der Waals surface area contributed by atoms with Gasteiger partial charge in [0.05, 0.1) is 13.1 Å². The van der Waals surface area contributed by atoms with Crippen LogP contribution in [0, 0.1) is 18.3 Å². The van der Waals surface area contributed by atoms with Gasteiger partial charge in [-0.25, -0.2) is 0 Å². The second-order valence-electron chi connectivity index (χ2n) is 9.43. The first-order chi connectivity index (χ1) is 14.5. The summed E-state index contributed by atoms with van der Waals surface area (Å²) in [5.74, 6) is -0.491. The van der Waals surface area contributed by atoms with Gasteiger partial charge in [0.25, 0.3) is 0 Å². The highest BCUT2D eigenvalue weighted by molar-refractivity contribution is 5.95. The number of aryl methyl sites for hydroxylation is 1. The van der Waals surface area contributed by atoms with Gasteiger partial charge in [-0.3, -0.25) is 14.4 Å². The number of carbonyl (C=O) groups excluding carboxylic acids is 3. The molecule has 1 aromatic rings. The lowest BCUT2D eigenvalue weighted by Gasteiger charge is -2.26. The summed E-state index contributed by atoms with van der Waals surface area (Å²) in [4.78, 5) is 38.8. The van der Waals surface area contributed by atoms with E-state index in [-0.39, 0.29) is 42.1 Å². The van der Waals surface area contributed by atoms with Crippen LogP contribution < -0.4 is 10.6 Å². The van der Waals surface area contributed by atoms with Crippen molar-refractivity contribution in [3.05, 3.63) is 29.8 Å². The van der Waals surface area contributed by atoms with Crippen molar-refractivity contribution >= 4 is 23.4 Å². The maximum atomic E-state index is 12.8. The van der Waals surface area contributed by atoms with Crippen molar-refractivity contribution in [2.45, 2.75) is 53.9 Å². The van der Waals surface area contributed by atoms with E-state index in [1.54, 1.807) is 12.0 Å². The van der Waals surface area contributed by atoms with E-state index in [4.69, 9.17) is 4.74 Å². The number of nitrogens with zero attached hydrogens (tertiary/aromatic N) is 1. The van der Waals surface area contributed by atoms with Crippen molar-refractivity contribution in [2.24, 2.45) is 11.3 Å². The number of hydrogen-bond acceptors (Lipinski definition) is 4. The van der Waals surface area contributed by atoms with E-state index < -0.39 is 0 Å². The van der Waals surface area contributed by atoms with Crippen molar-refractivity contribution in [3.8, 4) is 0 Å². The van der Waals surface area contributed by atoms with Crippen LogP contribution in [-0.2, 0) is 19.1 Å². The number of carbonyl (C=O) groups is 3. The molecule has 0 aliphatic rings. The predicted octanol–water partition coefficient (Wildman–Crippen LogP) is 3.38. The van der Waals surface area contributed by atoms with Crippen LogP contribution in [0.15, 0.2) is 24.3 Å². The molecule has 1 rings (SSSR count). The molecule has 0 spiro atoms. The summed E-state index contributed by atoms with van der Waals surface area (Å²) in [6.07, 6.45) is 1.97. The second-order valence-corrected chi connectivity index (χ2v) is 9.43. The van der Waals surface area contributed by atoms with Gasteiger partial charge < -0.3 is 20.3 Å². The Morgan fingerprint density at radius 1 is 1.10 bits per heavy atom. The molecule has 174 valence electrons. The van der Waals surface area contributed by atoms with Gasteiger partial charge in [0, 0.05) is 32.4 Å². The molecular weight excluding hydrogens is 394 g/mol. The SMILES string of the molecule is COCCCN(CC(=O)NCC(=O)Nc1ccc(C)cc1)C(=O)CC(C)CC(C)(C)C. The van der Waals surface area contributed by atoms with E-state index in [1.165, 1.54) is 0 Å². The molecule has 7 nitrogen and oxygen atoms in total. The summed E-state index contributed by atoms with van der Waals surface area (Å²) >= 11 is 0. The highest BCUT2D eigenvalue weighted by Crippen LogP contribution is 2.26. The Balaban J connectivity index is 2.56. The highest BCUT2D eigenvalue weighted by atomic mass is 16.5. The molecule has 0 saturated heterocycles. The van der Waals surface area contributed by atoms with Crippen LogP contribution in [0.1, 0.15) is 52.5 Å². The average molecular weight is 434 g/mol. The highest BCUT2D eigenvalue weighted by Gasteiger charge is 2.22. The molecule has 1 aromatic carbocycles. The minimum absolute atomic E-state index is 0.0490. The zero-order chi connectivity index (χ0) is 23.4. The van der Waals surface area contributed by atoms with Gasteiger partial charge in [-0.05, 0) is 43.2 Å². The van der Waals surface area contributed by atoms with Gasteiger partial charge in [0.2, 0.25) is 17.7 Å². The Hall–Kier alpha value is -2.41. The molecule has 2 N–H and O–H groups in total. The summed E-state index contributed by atoms with van der Waals surface area (Å²) in [6.45, 7) is 11.2. The van der Waals surface area contributed by atoms with Crippen molar-refractivity contribution in [1.29, 1.82) is 0 Å². The number of anilines is 1. The molecule has 1 atom stereocenters. The number of benzene rings is 1. The Morgan fingerprint density at radius 2 is 1.74 bits per heavy atom. The third kappa shape index (κ3) is 12.1. The lowest BCUT2D eigenvalue weighted by molar-refractivity contribution is -0.137. The second kappa shape index (κ2) is 13.1. The maximum absolute atomic E-state index is 12.8. The van der Waals surface area contributed by atoms with E-state index in [0.717, 1.165) is 12.0 Å². The molecular formula is C24H39N3O4. The van der Waals surface area contributed by atoms with E-state index in [0.29, 0.717) is 31.7 Å². The number of amides is 3. The van der Waals surface area contributed by atoms with Crippen LogP contribution in [-0.4, -0.2) is 56.0 Å². The molecule has 0 aliphatic carbocycles. The van der Waals surface area contributed by atoms with Crippen LogP contribution in [0.2, 0.25) is 0 Å². The monoisotopic (exact) mass is 433 g/mol. The first-order valence-electron chi connectivity index (χ1n) is 10.9. The van der Waals surface area contributed by atoms with Crippen molar-refractivity contribution in [3.63, 3.8) is 0 Å². The molecule has 0 heterocycles. The fourth-order valence-electron chi connectivity index (χ4n) is 3.49. The van der Waals surface area contributed by atoms with E-state index in [1.807, 2.05) is 31.2 Å². The summed E-state index contributed by atoms with van der Waals surface area (Å²) in [7, 11) is 1.61. The average Bonchev–Trinajstić information content (AvgIpc) is 2.66. The molecule has 31 heavy (non-hydrogen) atoms. The quantitative estimate of drug-likeness (QED) is 0.495. The van der Waals surface area contributed by atoms with E-state index in [9.17, 15) is 14.4 Å². The summed E-state index contributed by atoms with van der Waals surface area (Å²) in [6, 6.07) is 7.42. The van der Waals surface area contributed by atoms with Crippen LogP contribution >= 0.6 is 0 Å².